The molecule has 1 rings (SSSR count). The Morgan fingerprint density at radius 2 is 2.12 bits per heavy atom. The summed E-state index contributed by atoms with van der Waals surface area (Å²) in [7, 11) is 0. The van der Waals surface area contributed by atoms with Gasteiger partial charge in [-0.1, -0.05) is 28.1 Å². The van der Waals surface area contributed by atoms with Crippen LogP contribution in [0.5, 0.6) is 0 Å². The van der Waals surface area contributed by atoms with E-state index in [1.165, 1.54) is 12.1 Å². The fourth-order valence-corrected chi connectivity index (χ4v) is 1.77. The van der Waals surface area contributed by atoms with Gasteiger partial charge >= 0.3 is 0 Å². The van der Waals surface area contributed by atoms with Crippen molar-refractivity contribution in [2.24, 2.45) is 0 Å². The summed E-state index contributed by atoms with van der Waals surface area (Å²) in [5.74, 6) is 0. The second-order valence-corrected chi connectivity index (χ2v) is 3.99. The zero-order valence-electron chi connectivity index (χ0n) is 8.33. The summed E-state index contributed by atoms with van der Waals surface area (Å²) in [4.78, 5) is 9.85. The molecule has 6 heteroatoms. The highest BCUT2D eigenvalue weighted by molar-refractivity contribution is 9.09. The van der Waals surface area contributed by atoms with Crippen LogP contribution in [-0.2, 0) is 6.42 Å². The van der Waals surface area contributed by atoms with Crippen LogP contribution < -0.4 is 0 Å². The van der Waals surface area contributed by atoms with Crippen LogP contribution in [-0.4, -0.2) is 10.3 Å². The van der Waals surface area contributed by atoms with Crippen molar-refractivity contribution in [3.63, 3.8) is 0 Å². The van der Waals surface area contributed by atoms with E-state index in [2.05, 4.69) is 15.9 Å². The molecule has 0 heterocycles. The number of aryl methyl sites for hydroxylation is 1. The van der Waals surface area contributed by atoms with Crippen molar-refractivity contribution < 1.29 is 13.7 Å². The molecule has 0 spiro atoms. The molecule has 0 aliphatic carbocycles. The van der Waals surface area contributed by atoms with Crippen molar-refractivity contribution in [2.75, 3.05) is 5.33 Å². The van der Waals surface area contributed by atoms with Gasteiger partial charge in [0.25, 0.3) is 12.1 Å². The van der Waals surface area contributed by atoms with Crippen LogP contribution in [0.4, 0.5) is 14.5 Å². The molecule has 0 bridgehead atoms. The zero-order valence-corrected chi connectivity index (χ0v) is 9.91. The number of nitrogens with zero attached hydrogens (tertiary/aromatic N) is 1. The number of nitro benzene ring substituents is 1. The van der Waals surface area contributed by atoms with Gasteiger partial charge in [0, 0.05) is 11.4 Å². The largest absolute Gasteiger partial charge is 0.278 e. The van der Waals surface area contributed by atoms with Gasteiger partial charge in [0.1, 0.15) is 0 Å². The normalized spacial score (nSPS) is 10.8. The average Bonchev–Trinajstić information content (AvgIpc) is 2.25. The molecule has 0 amide bonds. The van der Waals surface area contributed by atoms with Gasteiger partial charge < -0.3 is 0 Å². The third-order valence-corrected chi connectivity index (χ3v) is 2.73. The van der Waals surface area contributed by atoms with Gasteiger partial charge in [-0.2, -0.15) is 0 Å². The Morgan fingerprint density at radius 3 is 2.62 bits per heavy atom. The second kappa shape index (κ2) is 5.89. The molecular weight excluding hydrogens is 284 g/mol. The van der Waals surface area contributed by atoms with Crippen LogP contribution in [0.1, 0.15) is 24.0 Å². The molecule has 0 aliphatic rings. The summed E-state index contributed by atoms with van der Waals surface area (Å²) in [5, 5.41) is 11.3. The van der Waals surface area contributed by atoms with Crippen molar-refractivity contribution in [2.45, 2.75) is 19.3 Å². The summed E-state index contributed by atoms with van der Waals surface area (Å²) in [6, 6.07) is 4.06. The fourth-order valence-electron chi connectivity index (χ4n) is 1.49. The minimum atomic E-state index is -2.81. The minimum absolute atomic E-state index is 0.351. The predicted octanol–water partition coefficient (Wildman–Crippen LogP) is 3.86. The Kier molecular flexibility index (Phi) is 4.79. The Hall–Kier alpha value is -1.04. The van der Waals surface area contributed by atoms with E-state index in [0.717, 1.165) is 6.07 Å². The van der Waals surface area contributed by atoms with Crippen molar-refractivity contribution in [1.29, 1.82) is 0 Å². The molecule has 1 aromatic carbocycles. The standard InChI is InChI=1S/C10H10BrF2NO2/c11-6-2-4-7-3-1-5-8(14(15)16)9(7)10(12)13/h1,3,5,10H,2,4,6H2. The molecule has 0 saturated heterocycles. The van der Waals surface area contributed by atoms with Gasteiger partial charge in [-0.3, -0.25) is 10.1 Å². The molecule has 0 atom stereocenters. The highest BCUT2D eigenvalue weighted by atomic mass is 79.9. The van der Waals surface area contributed by atoms with Gasteiger partial charge in [0.05, 0.1) is 10.5 Å². The number of benzene rings is 1. The molecule has 16 heavy (non-hydrogen) atoms. The lowest BCUT2D eigenvalue weighted by molar-refractivity contribution is -0.386. The van der Waals surface area contributed by atoms with E-state index >= 15 is 0 Å². The lowest BCUT2D eigenvalue weighted by atomic mass is 10.0. The Labute approximate surface area is 99.7 Å². The molecule has 0 saturated carbocycles. The number of nitro groups is 1. The van der Waals surface area contributed by atoms with Crippen molar-refractivity contribution in [1.82, 2.24) is 0 Å². The number of alkyl halides is 3. The second-order valence-electron chi connectivity index (χ2n) is 3.20. The highest BCUT2D eigenvalue weighted by Crippen LogP contribution is 2.32. The Balaban J connectivity index is 3.16. The maximum Gasteiger partial charge on any atom is 0.278 e. The maximum absolute atomic E-state index is 12.8. The summed E-state index contributed by atoms with van der Waals surface area (Å²) in [6.07, 6.45) is -1.74. The monoisotopic (exact) mass is 293 g/mol. The third-order valence-electron chi connectivity index (χ3n) is 2.17. The molecule has 0 fully saturated rings. The lowest BCUT2D eigenvalue weighted by Crippen LogP contribution is -2.01. The number of halogens is 3. The van der Waals surface area contributed by atoms with E-state index in [0.29, 0.717) is 23.7 Å². The van der Waals surface area contributed by atoms with Crippen molar-refractivity contribution in [3.8, 4) is 0 Å². The van der Waals surface area contributed by atoms with Crippen LogP contribution in [0.2, 0.25) is 0 Å². The predicted molar refractivity (Wildman–Crippen MR) is 60.2 cm³/mol. The lowest BCUT2D eigenvalue weighted by Gasteiger charge is -2.08. The minimum Gasteiger partial charge on any atom is -0.258 e. The fraction of sp³-hybridized carbons (Fsp3) is 0.400. The number of hydrogen-bond acceptors (Lipinski definition) is 2. The number of rotatable bonds is 5. The molecular formula is C10H10BrF2NO2. The van der Waals surface area contributed by atoms with E-state index in [-0.39, 0.29) is 0 Å². The van der Waals surface area contributed by atoms with Gasteiger partial charge in [0.2, 0.25) is 0 Å². The van der Waals surface area contributed by atoms with Crippen LogP contribution in [0.15, 0.2) is 18.2 Å². The molecule has 0 aromatic heterocycles. The van der Waals surface area contributed by atoms with Crippen LogP contribution in [0, 0.1) is 10.1 Å². The van der Waals surface area contributed by atoms with Gasteiger partial charge in [0.15, 0.2) is 0 Å². The first kappa shape index (κ1) is 13.0. The summed E-state index contributed by atoms with van der Waals surface area (Å²) in [6.45, 7) is 0. The summed E-state index contributed by atoms with van der Waals surface area (Å²) in [5.41, 5.74) is -0.598. The van der Waals surface area contributed by atoms with E-state index in [1.54, 1.807) is 0 Å². The van der Waals surface area contributed by atoms with Gasteiger partial charge in [-0.15, -0.1) is 0 Å². The van der Waals surface area contributed by atoms with E-state index in [9.17, 15) is 18.9 Å². The van der Waals surface area contributed by atoms with E-state index < -0.39 is 22.6 Å². The Bertz CT molecular complexity index is 385. The molecule has 1 aromatic rings. The quantitative estimate of drug-likeness (QED) is 0.470. The van der Waals surface area contributed by atoms with Crippen molar-refractivity contribution >= 4 is 21.6 Å². The highest BCUT2D eigenvalue weighted by Gasteiger charge is 2.24. The molecule has 0 N–H and O–H groups in total. The van der Waals surface area contributed by atoms with Crippen LogP contribution in [0.25, 0.3) is 0 Å². The van der Waals surface area contributed by atoms with Crippen LogP contribution in [0.3, 0.4) is 0 Å². The summed E-state index contributed by atoms with van der Waals surface area (Å²) < 4.78 is 25.5. The maximum atomic E-state index is 12.8. The smallest absolute Gasteiger partial charge is 0.258 e. The molecule has 0 radical (unpaired) electrons. The van der Waals surface area contributed by atoms with E-state index in [4.69, 9.17) is 0 Å². The zero-order chi connectivity index (χ0) is 12.1. The first-order valence-electron chi connectivity index (χ1n) is 4.68. The first-order chi connectivity index (χ1) is 7.57. The van der Waals surface area contributed by atoms with Crippen LogP contribution >= 0.6 is 15.9 Å². The molecule has 0 aliphatic heterocycles. The Morgan fingerprint density at radius 1 is 1.44 bits per heavy atom. The SMILES string of the molecule is O=[N+]([O-])c1cccc(CCCBr)c1C(F)F. The van der Waals surface area contributed by atoms with Gasteiger partial charge in [-0.25, -0.2) is 8.78 Å². The van der Waals surface area contributed by atoms with Gasteiger partial charge in [-0.05, 0) is 18.4 Å². The molecule has 0 unspecified atom stereocenters. The molecule has 3 nitrogen and oxygen atoms in total. The van der Waals surface area contributed by atoms with E-state index in [1.807, 2.05) is 0 Å². The van der Waals surface area contributed by atoms with Crippen molar-refractivity contribution in [3.05, 3.63) is 39.4 Å². The average molecular weight is 294 g/mol. The topological polar surface area (TPSA) is 43.1 Å². The molecule has 88 valence electrons. The first-order valence-corrected chi connectivity index (χ1v) is 5.80. The number of hydrogen-bond donors (Lipinski definition) is 0. The third kappa shape index (κ3) is 2.98. The summed E-state index contributed by atoms with van der Waals surface area (Å²) >= 11 is 3.19.